The molecule has 2 heterocycles. The first kappa shape index (κ1) is 14.3. The number of carbonyl (C=O) groups is 2. The van der Waals surface area contributed by atoms with Crippen LogP contribution in [0.1, 0.15) is 37.7 Å². The molecule has 20 heavy (non-hydrogen) atoms. The van der Waals surface area contributed by atoms with Crippen LogP contribution in [0.15, 0.2) is 27.8 Å². The molecular weight excluding hydrogens is 260 g/mol. The number of aliphatic imine (C=N–C) groups is 1. The summed E-state index contributed by atoms with van der Waals surface area (Å²) in [6.45, 7) is 6.28. The molecule has 1 aromatic heterocycles. The van der Waals surface area contributed by atoms with Crippen LogP contribution in [-0.2, 0) is 4.74 Å². The molecule has 0 aliphatic carbocycles. The number of amides is 2. The highest BCUT2D eigenvalue weighted by molar-refractivity contribution is 6.04. The molecule has 1 aliphatic rings. The molecule has 2 rings (SSSR count). The molecule has 108 valence electrons. The predicted molar refractivity (Wildman–Crippen MR) is 72.9 cm³/mol. The topological polar surface area (TPSA) is 72.1 Å². The number of rotatable bonds is 1. The Hall–Kier alpha value is -2.11. The van der Waals surface area contributed by atoms with Crippen LogP contribution in [0.3, 0.4) is 0 Å². The van der Waals surface area contributed by atoms with E-state index in [0.29, 0.717) is 25.2 Å². The number of hydrogen-bond acceptors (Lipinski definition) is 4. The molecule has 0 N–H and O–H groups in total. The minimum atomic E-state index is -0.527. The summed E-state index contributed by atoms with van der Waals surface area (Å²) in [6, 6.07) is 3.20. The molecule has 6 nitrogen and oxygen atoms in total. The van der Waals surface area contributed by atoms with Crippen LogP contribution in [0.25, 0.3) is 0 Å². The van der Waals surface area contributed by atoms with Crippen molar-refractivity contribution in [3.8, 4) is 0 Å². The molecule has 0 aromatic carbocycles. The highest BCUT2D eigenvalue weighted by atomic mass is 16.6. The summed E-state index contributed by atoms with van der Waals surface area (Å²) in [7, 11) is 0. The van der Waals surface area contributed by atoms with Crippen LogP contribution in [0.2, 0.25) is 0 Å². The summed E-state index contributed by atoms with van der Waals surface area (Å²) in [6.07, 6.45) is 1.62. The lowest BCUT2D eigenvalue weighted by atomic mass is 10.2. The predicted octanol–water partition coefficient (Wildman–Crippen LogP) is 2.50. The molecule has 6 heteroatoms. The molecule has 1 aromatic rings. The van der Waals surface area contributed by atoms with E-state index in [4.69, 9.17) is 9.15 Å². The molecule has 0 saturated carbocycles. The highest BCUT2D eigenvalue weighted by Gasteiger charge is 2.28. The lowest BCUT2D eigenvalue weighted by Crippen LogP contribution is -2.35. The van der Waals surface area contributed by atoms with Crippen LogP contribution in [0, 0.1) is 0 Å². The second-order valence-electron chi connectivity index (χ2n) is 5.61. The van der Waals surface area contributed by atoms with Gasteiger partial charge in [-0.1, -0.05) is 0 Å². The van der Waals surface area contributed by atoms with Gasteiger partial charge < -0.3 is 14.1 Å². The second kappa shape index (κ2) is 5.48. The highest BCUT2D eigenvalue weighted by Crippen LogP contribution is 2.14. The Morgan fingerprint density at radius 2 is 2.15 bits per heavy atom. The van der Waals surface area contributed by atoms with Crippen molar-refractivity contribution in [2.75, 3.05) is 13.1 Å². The fourth-order valence-electron chi connectivity index (χ4n) is 1.81. The maximum absolute atomic E-state index is 11.9. The average molecular weight is 278 g/mol. The van der Waals surface area contributed by atoms with Crippen molar-refractivity contribution < 1.29 is 18.7 Å². The zero-order valence-corrected chi connectivity index (χ0v) is 11.9. The van der Waals surface area contributed by atoms with Crippen LogP contribution < -0.4 is 0 Å². The lowest BCUT2D eigenvalue weighted by Gasteiger charge is -2.23. The van der Waals surface area contributed by atoms with E-state index in [9.17, 15) is 9.59 Å². The molecular formula is C14H18N2O4. The van der Waals surface area contributed by atoms with E-state index in [1.54, 1.807) is 17.0 Å². The molecule has 0 atom stereocenters. The first-order valence-corrected chi connectivity index (χ1v) is 6.47. The van der Waals surface area contributed by atoms with E-state index in [0.717, 1.165) is 0 Å². The Labute approximate surface area is 117 Å². The zero-order valence-electron chi connectivity index (χ0n) is 11.9. The minimum Gasteiger partial charge on any atom is -0.459 e. The molecule has 1 fully saturated rings. The monoisotopic (exact) mass is 278 g/mol. The van der Waals surface area contributed by atoms with Gasteiger partial charge in [0, 0.05) is 18.7 Å². The van der Waals surface area contributed by atoms with Crippen molar-refractivity contribution in [1.82, 2.24) is 4.90 Å². The van der Waals surface area contributed by atoms with Crippen LogP contribution in [0.4, 0.5) is 4.79 Å². The lowest BCUT2D eigenvalue weighted by molar-refractivity contribution is 0.0302. The van der Waals surface area contributed by atoms with Crippen LogP contribution >= 0.6 is 0 Å². The third kappa shape index (κ3) is 3.69. The van der Waals surface area contributed by atoms with Gasteiger partial charge in [-0.05, 0) is 32.9 Å². The third-order valence-corrected chi connectivity index (χ3v) is 2.69. The maximum atomic E-state index is 11.9. The van der Waals surface area contributed by atoms with Crippen LogP contribution in [0.5, 0.6) is 0 Å². The average Bonchev–Trinajstić information content (AvgIpc) is 2.97. The number of hydrogen-bond donors (Lipinski definition) is 0. The summed E-state index contributed by atoms with van der Waals surface area (Å²) < 4.78 is 10.3. The SMILES string of the molecule is CC(C)(C)OC(=O)N1CCC(=NC(=O)c2ccco2)C1. The summed E-state index contributed by atoms with van der Waals surface area (Å²) in [5.41, 5.74) is 0.137. The van der Waals surface area contributed by atoms with Crippen molar-refractivity contribution in [3.05, 3.63) is 24.2 Å². The van der Waals surface area contributed by atoms with Gasteiger partial charge in [0.2, 0.25) is 0 Å². The fourth-order valence-corrected chi connectivity index (χ4v) is 1.81. The normalized spacial score (nSPS) is 17.6. The molecule has 0 unspecified atom stereocenters. The Kier molecular flexibility index (Phi) is 3.92. The van der Waals surface area contributed by atoms with E-state index in [2.05, 4.69) is 4.99 Å². The van der Waals surface area contributed by atoms with Crippen molar-refractivity contribution in [2.45, 2.75) is 32.8 Å². The maximum Gasteiger partial charge on any atom is 0.410 e. The Morgan fingerprint density at radius 1 is 1.40 bits per heavy atom. The third-order valence-electron chi connectivity index (χ3n) is 2.69. The smallest absolute Gasteiger partial charge is 0.410 e. The molecule has 2 amide bonds. The zero-order chi connectivity index (χ0) is 14.8. The molecule has 0 spiro atoms. The summed E-state index contributed by atoms with van der Waals surface area (Å²) in [5, 5.41) is 0. The number of carbonyl (C=O) groups excluding carboxylic acids is 2. The van der Waals surface area contributed by atoms with Crippen LogP contribution in [-0.4, -0.2) is 41.3 Å². The molecule has 0 radical (unpaired) electrons. The Morgan fingerprint density at radius 3 is 2.75 bits per heavy atom. The van der Waals surface area contributed by atoms with Gasteiger partial charge in [-0.25, -0.2) is 9.79 Å². The number of likely N-dealkylation sites (tertiary alicyclic amines) is 1. The van der Waals surface area contributed by atoms with Crippen molar-refractivity contribution >= 4 is 17.7 Å². The van der Waals surface area contributed by atoms with E-state index < -0.39 is 11.5 Å². The van der Waals surface area contributed by atoms with Crippen molar-refractivity contribution in [1.29, 1.82) is 0 Å². The van der Waals surface area contributed by atoms with E-state index in [-0.39, 0.29) is 11.9 Å². The molecule has 0 bridgehead atoms. The van der Waals surface area contributed by atoms with Gasteiger partial charge in [0.25, 0.3) is 0 Å². The Bertz CT molecular complexity index is 526. The van der Waals surface area contributed by atoms with Crippen molar-refractivity contribution in [2.24, 2.45) is 4.99 Å². The second-order valence-corrected chi connectivity index (χ2v) is 5.61. The van der Waals surface area contributed by atoms with Gasteiger partial charge in [-0.3, -0.25) is 4.79 Å². The minimum absolute atomic E-state index is 0.202. The first-order chi connectivity index (χ1) is 9.35. The number of furan rings is 1. The van der Waals surface area contributed by atoms with Gasteiger partial charge in [-0.2, -0.15) is 0 Å². The van der Waals surface area contributed by atoms with Gasteiger partial charge in [-0.15, -0.1) is 0 Å². The number of nitrogens with zero attached hydrogens (tertiary/aromatic N) is 2. The quantitative estimate of drug-likeness (QED) is 0.791. The fraction of sp³-hybridized carbons (Fsp3) is 0.500. The summed E-state index contributed by atoms with van der Waals surface area (Å²) in [5.74, 6) is -0.218. The van der Waals surface area contributed by atoms with Crippen molar-refractivity contribution in [3.63, 3.8) is 0 Å². The standard InChI is InChI=1S/C14H18N2O4/c1-14(2,3)20-13(18)16-7-6-10(9-16)15-12(17)11-5-4-8-19-11/h4-5,8H,6-7,9H2,1-3H3. The molecule has 1 aliphatic heterocycles. The summed E-state index contributed by atoms with van der Waals surface area (Å²) >= 11 is 0. The van der Waals surface area contributed by atoms with Gasteiger partial charge in [0.1, 0.15) is 5.60 Å². The summed E-state index contributed by atoms with van der Waals surface area (Å²) in [4.78, 5) is 29.1. The van der Waals surface area contributed by atoms with E-state index >= 15 is 0 Å². The van der Waals surface area contributed by atoms with Gasteiger partial charge in [0.15, 0.2) is 5.76 Å². The van der Waals surface area contributed by atoms with E-state index in [1.807, 2.05) is 20.8 Å². The number of ether oxygens (including phenoxy) is 1. The molecule has 1 saturated heterocycles. The van der Waals surface area contributed by atoms with Gasteiger partial charge >= 0.3 is 12.0 Å². The first-order valence-electron chi connectivity index (χ1n) is 6.47. The largest absolute Gasteiger partial charge is 0.459 e. The van der Waals surface area contributed by atoms with Gasteiger partial charge in [0.05, 0.1) is 12.8 Å². The van der Waals surface area contributed by atoms with E-state index in [1.165, 1.54) is 6.26 Å². The Balaban J connectivity index is 1.95.